The van der Waals surface area contributed by atoms with Crippen molar-refractivity contribution in [2.45, 2.75) is 25.3 Å². The largest absolute Gasteiger partial charge is 0.497 e. The molecule has 1 atom stereocenters. The van der Waals surface area contributed by atoms with Crippen LogP contribution in [0.15, 0.2) is 24.3 Å². The molecule has 2 amide bonds. The zero-order chi connectivity index (χ0) is 14.1. The summed E-state index contributed by atoms with van der Waals surface area (Å²) < 4.78 is 5.20. The minimum Gasteiger partial charge on any atom is -0.497 e. The van der Waals surface area contributed by atoms with E-state index in [1.54, 1.807) is 16.9 Å². The molecule has 0 aliphatic carbocycles. The number of carbonyl (C=O) groups is 2. The Bertz CT molecular complexity index is 544. The van der Waals surface area contributed by atoms with Crippen LogP contribution in [0.4, 0.5) is 5.69 Å². The number of hydrogen-bond acceptors (Lipinski definition) is 3. The zero-order valence-corrected chi connectivity index (χ0v) is 11.5. The Kier molecular flexibility index (Phi) is 3.34. The molecule has 5 nitrogen and oxygen atoms in total. The third-order valence-electron chi connectivity index (χ3n) is 4.04. The quantitative estimate of drug-likeness (QED) is 0.819. The normalized spacial score (nSPS) is 22.8. The van der Waals surface area contributed by atoms with Crippen LogP contribution in [0.5, 0.6) is 5.75 Å². The second-order valence-corrected chi connectivity index (χ2v) is 5.19. The first-order chi connectivity index (χ1) is 9.70. The summed E-state index contributed by atoms with van der Waals surface area (Å²) in [6.45, 7) is 1.15. The maximum atomic E-state index is 12.7. The average Bonchev–Trinajstić information content (AvgIpc) is 2.93. The van der Waals surface area contributed by atoms with Gasteiger partial charge in [0.1, 0.15) is 11.8 Å². The molecule has 2 aliphatic rings. The van der Waals surface area contributed by atoms with E-state index < -0.39 is 0 Å². The number of rotatable bonds is 2. The molecule has 1 aromatic carbocycles. The lowest BCUT2D eigenvalue weighted by Crippen LogP contribution is -2.43. The van der Waals surface area contributed by atoms with Gasteiger partial charge in [-0.1, -0.05) is 6.07 Å². The topological polar surface area (TPSA) is 49.9 Å². The van der Waals surface area contributed by atoms with Gasteiger partial charge in [-0.2, -0.15) is 0 Å². The van der Waals surface area contributed by atoms with Gasteiger partial charge in [0.05, 0.1) is 7.11 Å². The van der Waals surface area contributed by atoms with Crippen molar-refractivity contribution in [3.63, 3.8) is 0 Å². The van der Waals surface area contributed by atoms with Crippen molar-refractivity contribution in [2.75, 3.05) is 25.1 Å². The number of nitrogens with zero attached hydrogens (tertiary/aromatic N) is 2. The highest BCUT2D eigenvalue weighted by Crippen LogP contribution is 2.28. The molecule has 0 radical (unpaired) electrons. The molecule has 2 saturated heterocycles. The Balaban J connectivity index is 1.92. The van der Waals surface area contributed by atoms with Gasteiger partial charge in [0.25, 0.3) is 0 Å². The molecule has 5 heteroatoms. The fraction of sp³-hybridized carbons (Fsp3) is 0.467. The number of fused-ring (bicyclic) bond motifs is 1. The van der Waals surface area contributed by atoms with E-state index in [2.05, 4.69) is 0 Å². The van der Waals surface area contributed by atoms with Crippen LogP contribution < -0.4 is 9.64 Å². The van der Waals surface area contributed by atoms with Gasteiger partial charge in [-0.05, 0) is 25.0 Å². The van der Waals surface area contributed by atoms with E-state index in [-0.39, 0.29) is 17.9 Å². The molecule has 106 valence electrons. The molecule has 2 heterocycles. The van der Waals surface area contributed by atoms with Crippen LogP contribution in [-0.4, -0.2) is 43.0 Å². The Morgan fingerprint density at radius 1 is 1.25 bits per heavy atom. The van der Waals surface area contributed by atoms with Crippen molar-refractivity contribution in [2.24, 2.45) is 0 Å². The summed E-state index contributed by atoms with van der Waals surface area (Å²) in [6, 6.07) is 7.15. The molecule has 3 rings (SSSR count). The highest BCUT2D eigenvalue weighted by atomic mass is 16.5. The number of ether oxygens (including phenoxy) is 1. The zero-order valence-electron chi connectivity index (χ0n) is 11.5. The maximum Gasteiger partial charge on any atom is 0.249 e. The summed E-state index contributed by atoms with van der Waals surface area (Å²) in [7, 11) is 1.60. The highest BCUT2D eigenvalue weighted by molar-refractivity contribution is 6.01. The second-order valence-electron chi connectivity index (χ2n) is 5.19. The Labute approximate surface area is 118 Å². The Morgan fingerprint density at radius 2 is 2.10 bits per heavy atom. The van der Waals surface area contributed by atoms with E-state index in [1.165, 1.54) is 0 Å². The molecule has 0 bridgehead atoms. The number of methoxy groups -OCH3 is 1. The van der Waals surface area contributed by atoms with Crippen molar-refractivity contribution in [1.29, 1.82) is 0 Å². The van der Waals surface area contributed by atoms with Crippen LogP contribution in [0.3, 0.4) is 0 Å². The van der Waals surface area contributed by atoms with E-state index in [9.17, 15) is 9.59 Å². The SMILES string of the molecule is COc1cccc(N2CCC(=O)N3CCCC3C2=O)c1. The van der Waals surface area contributed by atoms with Crippen LogP contribution >= 0.6 is 0 Å². The molecule has 1 aromatic rings. The summed E-state index contributed by atoms with van der Waals surface area (Å²) >= 11 is 0. The lowest BCUT2D eigenvalue weighted by Gasteiger charge is -2.25. The van der Waals surface area contributed by atoms with Crippen molar-refractivity contribution in [1.82, 2.24) is 4.90 Å². The molecular weight excluding hydrogens is 256 g/mol. The first-order valence-corrected chi connectivity index (χ1v) is 6.95. The van der Waals surface area contributed by atoms with Crippen LogP contribution in [0.1, 0.15) is 19.3 Å². The smallest absolute Gasteiger partial charge is 0.249 e. The van der Waals surface area contributed by atoms with Crippen molar-refractivity contribution >= 4 is 17.5 Å². The van der Waals surface area contributed by atoms with E-state index in [4.69, 9.17) is 4.74 Å². The van der Waals surface area contributed by atoms with Gasteiger partial charge in [-0.25, -0.2) is 0 Å². The third-order valence-corrected chi connectivity index (χ3v) is 4.04. The molecule has 2 aliphatic heterocycles. The van der Waals surface area contributed by atoms with Crippen molar-refractivity contribution < 1.29 is 14.3 Å². The van der Waals surface area contributed by atoms with E-state index in [0.717, 1.165) is 18.5 Å². The van der Waals surface area contributed by atoms with Gasteiger partial charge in [0, 0.05) is 31.3 Å². The molecule has 20 heavy (non-hydrogen) atoms. The number of amides is 2. The minimum absolute atomic E-state index is 0.0293. The third kappa shape index (κ3) is 2.13. The van der Waals surface area contributed by atoms with Crippen LogP contribution in [-0.2, 0) is 9.59 Å². The molecule has 0 spiro atoms. The van der Waals surface area contributed by atoms with Crippen molar-refractivity contribution in [3.05, 3.63) is 24.3 Å². The lowest BCUT2D eigenvalue weighted by atomic mass is 10.2. The number of anilines is 1. The van der Waals surface area contributed by atoms with Crippen LogP contribution in [0.25, 0.3) is 0 Å². The number of benzene rings is 1. The van der Waals surface area contributed by atoms with E-state index in [1.807, 2.05) is 24.3 Å². The van der Waals surface area contributed by atoms with E-state index >= 15 is 0 Å². The van der Waals surface area contributed by atoms with E-state index in [0.29, 0.717) is 25.3 Å². The van der Waals surface area contributed by atoms with Gasteiger partial charge >= 0.3 is 0 Å². The predicted molar refractivity (Wildman–Crippen MR) is 74.7 cm³/mol. The first kappa shape index (κ1) is 13.0. The monoisotopic (exact) mass is 274 g/mol. The summed E-state index contributed by atoms with van der Waals surface area (Å²) in [6.07, 6.45) is 2.07. The first-order valence-electron chi connectivity index (χ1n) is 6.95. The molecule has 1 unspecified atom stereocenters. The van der Waals surface area contributed by atoms with Gasteiger partial charge in [-0.3, -0.25) is 9.59 Å². The highest BCUT2D eigenvalue weighted by Gasteiger charge is 2.39. The predicted octanol–water partition coefficient (Wildman–Crippen LogP) is 1.42. The molecule has 0 aromatic heterocycles. The molecule has 0 N–H and O–H groups in total. The maximum absolute atomic E-state index is 12.7. The number of hydrogen-bond donors (Lipinski definition) is 0. The summed E-state index contributed by atoms with van der Waals surface area (Å²) in [4.78, 5) is 28.2. The molecule has 0 saturated carbocycles. The average molecular weight is 274 g/mol. The Morgan fingerprint density at radius 3 is 2.90 bits per heavy atom. The standard InChI is InChI=1S/C15H18N2O3/c1-20-12-5-2-4-11(10-12)16-9-7-14(18)17-8-3-6-13(17)15(16)19/h2,4-5,10,13H,3,6-9H2,1H3. The summed E-state index contributed by atoms with van der Waals surface area (Å²) in [5.41, 5.74) is 0.802. The fourth-order valence-electron chi connectivity index (χ4n) is 3.00. The molecular formula is C15H18N2O3. The minimum atomic E-state index is -0.281. The van der Waals surface area contributed by atoms with Gasteiger partial charge < -0.3 is 14.5 Å². The Hall–Kier alpha value is -2.04. The van der Waals surface area contributed by atoms with Crippen LogP contribution in [0, 0.1) is 0 Å². The summed E-state index contributed by atoms with van der Waals surface area (Å²) in [5.74, 6) is 0.835. The lowest BCUT2D eigenvalue weighted by molar-refractivity contribution is -0.135. The number of carbonyl (C=O) groups excluding carboxylic acids is 2. The van der Waals surface area contributed by atoms with Crippen molar-refractivity contribution in [3.8, 4) is 5.75 Å². The fourth-order valence-corrected chi connectivity index (χ4v) is 3.00. The second kappa shape index (κ2) is 5.15. The van der Waals surface area contributed by atoms with Gasteiger partial charge in [0.2, 0.25) is 11.8 Å². The summed E-state index contributed by atoms with van der Waals surface area (Å²) in [5, 5.41) is 0. The van der Waals surface area contributed by atoms with Gasteiger partial charge in [-0.15, -0.1) is 0 Å². The van der Waals surface area contributed by atoms with Gasteiger partial charge in [0.15, 0.2) is 0 Å². The van der Waals surface area contributed by atoms with Crippen LogP contribution in [0.2, 0.25) is 0 Å². The molecule has 2 fully saturated rings.